The molecule has 0 atom stereocenters. The van der Waals surface area contributed by atoms with Crippen LogP contribution in [-0.4, -0.2) is 0 Å². The summed E-state index contributed by atoms with van der Waals surface area (Å²) in [7, 11) is 0. The SMILES string of the molecule is CC1(C)c2ccccc2-c2ccc(N(c3ccc4c(c3)oc3ccccc34)c3cc4c(cc3-c3cc5c(c6c3CCC6)CCC5)-c3ccccc3C4(C)C)cc21. The fraction of sp³-hybridized carbons (Fsp3) is 0.222. The molecule has 0 saturated heterocycles. The van der Waals surface area contributed by atoms with Crippen molar-refractivity contribution in [3.63, 3.8) is 0 Å². The van der Waals surface area contributed by atoms with E-state index in [9.17, 15) is 0 Å². The molecule has 7 aromatic carbocycles. The quantitative estimate of drug-likeness (QED) is 0.180. The van der Waals surface area contributed by atoms with Crippen molar-refractivity contribution in [3.05, 3.63) is 172 Å². The van der Waals surface area contributed by atoms with Gasteiger partial charge in [-0.05, 0) is 153 Å². The Bertz CT molecular complexity index is 2990. The second-order valence-electron chi connectivity index (χ2n) is 17.8. The molecule has 0 bridgehead atoms. The van der Waals surface area contributed by atoms with E-state index in [1.54, 1.807) is 22.3 Å². The topological polar surface area (TPSA) is 16.4 Å². The number of aryl methyl sites for hydroxylation is 1. The first-order valence-corrected chi connectivity index (χ1v) is 20.7. The lowest BCUT2D eigenvalue weighted by Crippen LogP contribution is -2.18. The van der Waals surface area contributed by atoms with Gasteiger partial charge in [-0.15, -0.1) is 0 Å². The Morgan fingerprint density at radius 3 is 1.86 bits per heavy atom. The Labute approximate surface area is 329 Å². The third-order valence-electron chi connectivity index (χ3n) is 14.2. The van der Waals surface area contributed by atoms with E-state index in [1.807, 2.05) is 0 Å². The second kappa shape index (κ2) is 11.4. The molecule has 0 spiro atoms. The highest BCUT2D eigenvalue weighted by Gasteiger charge is 2.39. The fourth-order valence-electron chi connectivity index (χ4n) is 11.4. The third kappa shape index (κ3) is 4.33. The lowest BCUT2D eigenvalue weighted by Gasteiger charge is -2.32. The van der Waals surface area contributed by atoms with Gasteiger partial charge in [-0.3, -0.25) is 0 Å². The molecule has 2 heteroatoms. The van der Waals surface area contributed by atoms with Crippen molar-refractivity contribution in [2.24, 2.45) is 0 Å². The molecule has 4 aliphatic carbocycles. The van der Waals surface area contributed by atoms with Crippen molar-refractivity contribution in [2.75, 3.05) is 4.90 Å². The Hall–Kier alpha value is -5.86. The average Bonchev–Trinajstić information content (AvgIpc) is 4.04. The molecule has 0 aliphatic heterocycles. The molecule has 272 valence electrons. The van der Waals surface area contributed by atoms with E-state index in [0.29, 0.717) is 0 Å². The maximum Gasteiger partial charge on any atom is 0.137 e. The van der Waals surface area contributed by atoms with E-state index in [1.165, 1.54) is 99.1 Å². The van der Waals surface area contributed by atoms with Crippen LogP contribution in [-0.2, 0) is 36.5 Å². The molecular formula is C54H45NO. The number of furan rings is 1. The average molecular weight is 724 g/mol. The van der Waals surface area contributed by atoms with E-state index in [2.05, 4.69) is 160 Å². The molecule has 1 heterocycles. The number of benzene rings is 7. The van der Waals surface area contributed by atoms with E-state index >= 15 is 0 Å². The van der Waals surface area contributed by atoms with Gasteiger partial charge in [0.2, 0.25) is 0 Å². The molecule has 8 aromatic rings. The summed E-state index contributed by atoms with van der Waals surface area (Å²) in [6.45, 7) is 9.60. The molecule has 4 aliphatic rings. The molecule has 0 unspecified atom stereocenters. The van der Waals surface area contributed by atoms with Crippen molar-refractivity contribution in [1.82, 2.24) is 0 Å². The van der Waals surface area contributed by atoms with Gasteiger partial charge >= 0.3 is 0 Å². The van der Waals surface area contributed by atoms with Crippen LogP contribution in [0.2, 0.25) is 0 Å². The van der Waals surface area contributed by atoms with Gasteiger partial charge in [0.15, 0.2) is 0 Å². The lowest BCUT2D eigenvalue weighted by atomic mass is 9.81. The van der Waals surface area contributed by atoms with E-state index in [4.69, 9.17) is 4.42 Å². The number of nitrogens with zero attached hydrogens (tertiary/aromatic N) is 1. The van der Waals surface area contributed by atoms with Crippen molar-refractivity contribution in [2.45, 2.75) is 77.0 Å². The lowest BCUT2D eigenvalue weighted by molar-refractivity contribution is 0.660. The number of hydrogen-bond acceptors (Lipinski definition) is 2. The van der Waals surface area contributed by atoms with Gasteiger partial charge in [-0.2, -0.15) is 0 Å². The fourth-order valence-corrected chi connectivity index (χ4v) is 11.4. The van der Waals surface area contributed by atoms with E-state index < -0.39 is 0 Å². The first kappa shape index (κ1) is 32.4. The maximum absolute atomic E-state index is 6.61. The minimum Gasteiger partial charge on any atom is -0.456 e. The van der Waals surface area contributed by atoms with Crippen LogP contribution >= 0.6 is 0 Å². The largest absolute Gasteiger partial charge is 0.456 e. The Morgan fingerprint density at radius 1 is 0.429 bits per heavy atom. The van der Waals surface area contributed by atoms with Crippen LogP contribution in [0.3, 0.4) is 0 Å². The molecule has 2 nitrogen and oxygen atoms in total. The minimum atomic E-state index is -0.144. The van der Waals surface area contributed by atoms with Gasteiger partial charge in [-0.25, -0.2) is 0 Å². The predicted octanol–water partition coefficient (Wildman–Crippen LogP) is 14.3. The highest BCUT2D eigenvalue weighted by molar-refractivity contribution is 6.06. The second-order valence-corrected chi connectivity index (χ2v) is 17.8. The van der Waals surface area contributed by atoms with Crippen LogP contribution in [0.15, 0.2) is 132 Å². The summed E-state index contributed by atoms with van der Waals surface area (Å²) in [5.41, 5.74) is 25.3. The summed E-state index contributed by atoms with van der Waals surface area (Å²) in [6, 6.07) is 48.4. The van der Waals surface area contributed by atoms with Gasteiger partial charge < -0.3 is 9.32 Å². The highest BCUT2D eigenvalue weighted by atomic mass is 16.3. The highest BCUT2D eigenvalue weighted by Crippen LogP contribution is 2.56. The predicted molar refractivity (Wildman–Crippen MR) is 233 cm³/mol. The van der Waals surface area contributed by atoms with Crippen molar-refractivity contribution >= 4 is 39.0 Å². The molecular weight excluding hydrogens is 679 g/mol. The number of para-hydroxylation sites is 1. The summed E-state index contributed by atoms with van der Waals surface area (Å²) >= 11 is 0. The molecule has 0 radical (unpaired) electrons. The molecule has 0 N–H and O–H groups in total. The van der Waals surface area contributed by atoms with Crippen molar-refractivity contribution in [1.29, 1.82) is 0 Å². The zero-order chi connectivity index (χ0) is 37.5. The maximum atomic E-state index is 6.61. The van der Waals surface area contributed by atoms with Crippen LogP contribution in [0, 0.1) is 0 Å². The zero-order valence-corrected chi connectivity index (χ0v) is 32.7. The van der Waals surface area contributed by atoms with Gasteiger partial charge in [0, 0.05) is 44.6 Å². The van der Waals surface area contributed by atoms with Crippen molar-refractivity contribution in [3.8, 4) is 33.4 Å². The number of anilines is 3. The summed E-state index contributed by atoms with van der Waals surface area (Å²) in [6.07, 6.45) is 7.26. The van der Waals surface area contributed by atoms with E-state index in [0.717, 1.165) is 34.0 Å². The minimum absolute atomic E-state index is 0.124. The zero-order valence-electron chi connectivity index (χ0n) is 32.7. The summed E-state index contributed by atoms with van der Waals surface area (Å²) in [4.78, 5) is 2.56. The van der Waals surface area contributed by atoms with Crippen LogP contribution in [0.4, 0.5) is 17.1 Å². The van der Waals surface area contributed by atoms with Crippen LogP contribution in [0.25, 0.3) is 55.3 Å². The molecule has 0 saturated carbocycles. The van der Waals surface area contributed by atoms with Gasteiger partial charge in [-0.1, -0.05) is 107 Å². The Balaban J connectivity index is 1.17. The molecule has 56 heavy (non-hydrogen) atoms. The standard InChI is InChI=1S/C54H45NO/c1-53(2)46-20-8-5-14-38(46)40-25-23-33(28-48(40)53)55(34-24-26-42-41-16-7-10-22-51(41)56-52(42)29-34)50-31-49-44(39-15-6-9-21-47(39)54(49,3)4)30-45(50)43-27-32-13-11-17-35(32)36-18-12-19-37(36)43/h5-10,14-16,20-31H,11-13,17-19H2,1-4H3. The van der Waals surface area contributed by atoms with E-state index in [-0.39, 0.29) is 10.8 Å². The van der Waals surface area contributed by atoms with Gasteiger partial charge in [0.25, 0.3) is 0 Å². The Kier molecular flexibility index (Phi) is 6.57. The normalized spacial score (nSPS) is 16.4. The van der Waals surface area contributed by atoms with Gasteiger partial charge in [0.05, 0.1) is 5.69 Å². The van der Waals surface area contributed by atoms with Crippen LogP contribution in [0.5, 0.6) is 0 Å². The molecule has 0 fully saturated rings. The monoisotopic (exact) mass is 723 g/mol. The summed E-state index contributed by atoms with van der Waals surface area (Å²) in [5.74, 6) is 0. The summed E-state index contributed by atoms with van der Waals surface area (Å²) in [5, 5.41) is 2.31. The third-order valence-corrected chi connectivity index (χ3v) is 14.2. The number of rotatable bonds is 4. The first-order valence-electron chi connectivity index (χ1n) is 20.7. The Morgan fingerprint density at radius 2 is 1.04 bits per heavy atom. The number of fused-ring (bicyclic) bond motifs is 12. The number of hydrogen-bond donors (Lipinski definition) is 0. The van der Waals surface area contributed by atoms with Crippen molar-refractivity contribution < 1.29 is 4.42 Å². The molecule has 1 aromatic heterocycles. The first-order chi connectivity index (χ1) is 27.3. The van der Waals surface area contributed by atoms with Crippen LogP contribution < -0.4 is 4.90 Å². The smallest absolute Gasteiger partial charge is 0.137 e. The molecule has 0 amide bonds. The van der Waals surface area contributed by atoms with Gasteiger partial charge in [0.1, 0.15) is 11.2 Å². The molecule has 12 rings (SSSR count). The summed E-state index contributed by atoms with van der Waals surface area (Å²) < 4.78 is 6.61. The van der Waals surface area contributed by atoms with Crippen LogP contribution in [0.1, 0.15) is 85.0 Å².